The van der Waals surface area contributed by atoms with Gasteiger partial charge in [0, 0.05) is 11.6 Å². The van der Waals surface area contributed by atoms with Crippen LogP contribution in [0.5, 0.6) is 0 Å². The molecule has 0 spiro atoms. The van der Waals surface area contributed by atoms with Gasteiger partial charge in [-0.15, -0.1) is 11.3 Å². The average Bonchev–Trinajstić information content (AvgIpc) is 2.85. The van der Waals surface area contributed by atoms with Gasteiger partial charge in [0.25, 0.3) is 0 Å². The zero-order chi connectivity index (χ0) is 11.8. The molecule has 16 heavy (non-hydrogen) atoms. The number of carbonyl (C=O) groups is 1. The standard InChI is InChI=1S/C12H14N2OS/c1-12(2,3)10-9(7-15)16-11(14-10)8-5-4-6-13-8/h4-7,13H,1-3H3. The van der Waals surface area contributed by atoms with Crippen molar-refractivity contribution in [3.63, 3.8) is 0 Å². The van der Waals surface area contributed by atoms with Crippen molar-refractivity contribution in [3.05, 3.63) is 28.9 Å². The van der Waals surface area contributed by atoms with E-state index in [0.717, 1.165) is 27.6 Å². The van der Waals surface area contributed by atoms with Crippen LogP contribution in [0.3, 0.4) is 0 Å². The Morgan fingerprint density at radius 2 is 2.19 bits per heavy atom. The Balaban J connectivity index is 2.52. The number of carbonyl (C=O) groups excluding carboxylic acids is 1. The molecule has 0 atom stereocenters. The van der Waals surface area contributed by atoms with Crippen molar-refractivity contribution in [2.24, 2.45) is 0 Å². The molecule has 0 saturated heterocycles. The molecule has 0 aliphatic carbocycles. The minimum Gasteiger partial charge on any atom is -0.359 e. The number of nitrogens with one attached hydrogen (secondary N) is 1. The van der Waals surface area contributed by atoms with Crippen LogP contribution < -0.4 is 0 Å². The highest BCUT2D eigenvalue weighted by atomic mass is 32.1. The van der Waals surface area contributed by atoms with Gasteiger partial charge in [0.2, 0.25) is 0 Å². The SMILES string of the molecule is CC(C)(C)c1nc(-c2ccc[nH]2)sc1C=O. The monoisotopic (exact) mass is 234 g/mol. The summed E-state index contributed by atoms with van der Waals surface area (Å²) in [4.78, 5) is 19.4. The molecule has 4 heteroatoms. The minimum atomic E-state index is -0.0996. The second kappa shape index (κ2) is 3.87. The average molecular weight is 234 g/mol. The number of aldehydes is 1. The fourth-order valence-electron chi connectivity index (χ4n) is 1.53. The highest BCUT2D eigenvalue weighted by Crippen LogP contribution is 2.32. The van der Waals surface area contributed by atoms with Gasteiger partial charge >= 0.3 is 0 Å². The summed E-state index contributed by atoms with van der Waals surface area (Å²) in [6, 6.07) is 3.88. The second-order valence-corrected chi connectivity index (χ2v) is 5.71. The molecule has 0 aromatic carbocycles. The summed E-state index contributed by atoms with van der Waals surface area (Å²) in [6.45, 7) is 6.19. The normalized spacial score (nSPS) is 11.7. The van der Waals surface area contributed by atoms with Crippen LogP contribution in [0.4, 0.5) is 0 Å². The Labute approximate surface area is 98.5 Å². The van der Waals surface area contributed by atoms with Crippen molar-refractivity contribution in [1.29, 1.82) is 0 Å². The number of hydrogen-bond acceptors (Lipinski definition) is 3. The molecule has 0 unspecified atom stereocenters. The molecule has 84 valence electrons. The van der Waals surface area contributed by atoms with Crippen LogP contribution in [-0.2, 0) is 5.41 Å². The van der Waals surface area contributed by atoms with Crippen LogP contribution in [0.1, 0.15) is 36.1 Å². The molecule has 2 heterocycles. The third-order valence-electron chi connectivity index (χ3n) is 2.30. The molecule has 3 nitrogen and oxygen atoms in total. The van der Waals surface area contributed by atoms with E-state index < -0.39 is 0 Å². The van der Waals surface area contributed by atoms with Gasteiger partial charge < -0.3 is 4.98 Å². The van der Waals surface area contributed by atoms with Crippen LogP contribution >= 0.6 is 11.3 Å². The number of aromatic amines is 1. The highest BCUT2D eigenvalue weighted by Gasteiger charge is 2.23. The highest BCUT2D eigenvalue weighted by molar-refractivity contribution is 7.16. The molecule has 0 bridgehead atoms. The quantitative estimate of drug-likeness (QED) is 0.811. The predicted octanol–water partition coefficient (Wildman–Crippen LogP) is 3.25. The molecule has 1 N–H and O–H groups in total. The van der Waals surface area contributed by atoms with E-state index in [1.54, 1.807) is 0 Å². The Morgan fingerprint density at radius 1 is 1.44 bits per heavy atom. The molecule has 0 saturated carbocycles. The zero-order valence-electron chi connectivity index (χ0n) is 9.57. The lowest BCUT2D eigenvalue weighted by atomic mass is 9.91. The number of rotatable bonds is 2. The number of hydrogen-bond donors (Lipinski definition) is 1. The van der Waals surface area contributed by atoms with Gasteiger partial charge in [0.05, 0.1) is 16.3 Å². The van der Waals surface area contributed by atoms with Crippen LogP contribution in [-0.4, -0.2) is 16.3 Å². The molecule has 0 aliphatic rings. The van der Waals surface area contributed by atoms with Crippen molar-refractivity contribution >= 4 is 17.6 Å². The molecular weight excluding hydrogens is 220 g/mol. The summed E-state index contributed by atoms with van der Waals surface area (Å²) >= 11 is 1.43. The smallest absolute Gasteiger partial charge is 0.161 e. The number of nitrogens with zero attached hydrogens (tertiary/aromatic N) is 1. The number of aromatic nitrogens is 2. The van der Waals surface area contributed by atoms with Crippen LogP contribution in [0, 0.1) is 0 Å². The lowest BCUT2D eigenvalue weighted by Gasteiger charge is -2.15. The van der Waals surface area contributed by atoms with E-state index in [-0.39, 0.29) is 5.41 Å². The largest absolute Gasteiger partial charge is 0.359 e. The fraction of sp³-hybridized carbons (Fsp3) is 0.333. The third kappa shape index (κ3) is 1.93. The lowest BCUT2D eigenvalue weighted by molar-refractivity contribution is 0.112. The Kier molecular flexibility index (Phi) is 2.68. The maximum absolute atomic E-state index is 11.0. The fourth-order valence-corrected chi connectivity index (χ4v) is 2.61. The first-order chi connectivity index (χ1) is 7.52. The summed E-state index contributed by atoms with van der Waals surface area (Å²) in [5, 5.41) is 0.872. The van der Waals surface area contributed by atoms with Crippen molar-refractivity contribution in [2.75, 3.05) is 0 Å². The molecule has 2 rings (SSSR count). The topological polar surface area (TPSA) is 45.8 Å². The summed E-state index contributed by atoms with van der Waals surface area (Å²) in [6.07, 6.45) is 2.75. The van der Waals surface area contributed by atoms with Gasteiger partial charge in [-0.2, -0.15) is 0 Å². The molecule has 0 amide bonds. The lowest BCUT2D eigenvalue weighted by Crippen LogP contribution is -2.13. The van der Waals surface area contributed by atoms with Gasteiger partial charge in [-0.1, -0.05) is 20.8 Å². The first kappa shape index (κ1) is 11.1. The van der Waals surface area contributed by atoms with E-state index >= 15 is 0 Å². The van der Waals surface area contributed by atoms with Crippen LogP contribution in [0.15, 0.2) is 18.3 Å². The van der Waals surface area contributed by atoms with Crippen molar-refractivity contribution in [3.8, 4) is 10.7 Å². The van der Waals surface area contributed by atoms with Crippen molar-refractivity contribution in [1.82, 2.24) is 9.97 Å². The van der Waals surface area contributed by atoms with Crippen LogP contribution in [0.2, 0.25) is 0 Å². The second-order valence-electron chi connectivity index (χ2n) is 4.68. The molecule has 2 aromatic heterocycles. The summed E-state index contributed by atoms with van der Waals surface area (Å²) in [5.74, 6) is 0. The van der Waals surface area contributed by atoms with Gasteiger partial charge in [0.1, 0.15) is 5.01 Å². The van der Waals surface area contributed by atoms with Crippen molar-refractivity contribution in [2.45, 2.75) is 26.2 Å². The van der Waals surface area contributed by atoms with E-state index in [1.807, 2.05) is 18.3 Å². The van der Waals surface area contributed by atoms with E-state index in [1.165, 1.54) is 11.3 Å². The van der Waals surface area contributed by atoms with E-state index in [2.05, 4.69) is 30.7 Å². The first-order valence-corrected chi connectivity index (χ1v) is 5.94. The van der Waals surface area contributed by atoms with E-state index in [4.69, 9.17) is 0 Å². The van der Waals surface area contributed by atoms with Crippen LogP contribution in [0.25, 0.3) is 10.7 Å². The first-order valence-electron chi connectivity index (χ1n) is 5.12. The Hall–Kier alpha value is -1.42. The molecule has 2 aromatic rings. The van der Waals surface area contributed by atoms with E-state index in [0.29, 0.717) is 0 Å². The van der Waals surface area contributed by atoms with Gasteiger partial charge in [-0.25, -0.2) is 4.98 Å². The van der Waals surface area contributed by atoms with Gasteiger partial charge in [0.15, 0.2) is 6.29 Å². The molecule has 0 radical (unpaired) electrons. The maximum Gasteiger partial charge on any atom is 0.161 e. The summed E-state index contributed by atoms with van der Waals surface area (Å²) in [5.41, 5.74) is 1.73. The van der Waals surface area contributed by atoms with Crippen molar-refractivity contribution < 1.29 is 4.79 Å². The van der Waals surface area contributed by atoms with Gasteiger partial charge in [-0.3, -0.25) is 4.79 Å². The zero-order valence-corrected chi connectivity index (χ0v) is 10.4. The Bertz CT molecular complexity index is 492. The number of H-pyrrole nitrogens is 1. The third-order valence-corrected chi connectivity index (χ3v) is 3.31. The molecule has 0 aliphatic heterocycles. The van der Waals surface area contributed by atoms with Gasteiger partial charge in [-0.05, 0) is 12.1 Å². The predicted molar refractivity (Wildman–Crippen MR) is 66.0 cm³/mol. The minimum absolute atomic E-state index is 0.0996. The Morgan fingerprint density at radius 3 is 2.62 bits per heavy atom. The van der Waals surface area contributed by atoms with E-state index in [9.17, 15) is 4.79 Å². The molecule has 0 fully saturated rings. The summed E-state index contributed by atoms with van der Waals surface area (Å²) in [7, 11) is 0. The number of thiazole rings is 1. The maximum atomic E-state index is 11.0. The summed E-state index contributed by atoms with van der Waals surface area (Å²) < 4.78 is 0. The molecular formula is C12H14N2OS.